The van der Waals surface area contributed by atoms with E-state index in [1.54, 1.807) is 37.4 Å². The molecule has 0 radical (unpaired) electrons. The summed E-state index contributed by atoms with van der Waals surface area (Å²) in [6.07, 6.45) is 0. The molecule has 5 nitrogen and oxygen atoms in total. The SMILES string of the molecule is CO[C@]12/C(=N/S(=O)(=O)c3ccccc3)[C@H]([C@@H](C)[C@@H]1c1ccc(Cl)cc1)[C@@H]1C(=O)[C@H]2[C@H](c2ccc(Cl)cc2)[C@H]1C. The van der Waals surface area contributed by atoms with Crippen molar-refractivity contribution in [2.75, 3.05) is 7.11 Å². The van der Waals surface area contributed by atoms with Gasteiger partial charge in [0.1, 0.15) is 11.4 Å². The Bertz CT molecular complexity index is 1560. The number of sulfonamides is 1. The predicted octanol–water partition coefficient (Wildman–Crippen LogP) is 6.81. The van der Waals surface area contributed by atoms with Crippen LogP contribution in [-0.2, 0) is 19.6 Å². The number of nitrogens with zero attached hydrogens (tertiary/aromatic N) is 1. The van der Waals surface area contributed by atoms with Gasteiger partial charge in [-0.2, -0.15) is 12.8 Å². The number of ether oxygens (including phenoxy) is 1. The molecule has 8 atom stereocenters. The zero-order chi connectivity index (χ0) is 27.7. The first kappa shape index (κ1) is 26.7. The molecule has 0 unspecified atom stereocenters. The number of hydrogen-bond acceptors (Lipinski definition) is 4. The van der Waals surface area contributed by atoms with Gasteiger partial charge in [-0.15, -0.1) is 0 Å². The molecule has 3 aromatic carbocycles. The molecule has 202 valence electrons. The van der Waals surface area contributed by atoms with Gasteiger partial charge >= 0.3 is 0 Å². The third-order valence-electron chi connectivity index (χ3n) is 9.33. The average molecular weight is 583 g/mol. The number of rotatable bonds is 5. The van der Waals surface area contributed by atoms with Crippen molar-refractivity contribution in [1.82, 2.24) is 0 Å². The van der Waals surface area contributed by atoms with E-state index in [0.29, 0.717) is 15.8 Å². The van der Waals surface area contributed by atoms with Gasteiger partial charge in [-0.05, 0) is 59.4 Å². The van der Waals surface area contributed by atoms with Gasteiger partial charge in [0, 0.05) is 40.8 Å². The van der Waals surface area contributed by atoms with Crippen molar-refractivity contribution in [1.29, 1.82) is 0 Å². The molecule has 0 saturated heterocycles. The Kier molecular flexibility index (Phi) is 6.54. The van der Waals surface area contributed by atoms with E-state index in [1.807, 2.05) is 48.5 Å². The van der Waals surface area contributed by atoms with Gasteiger partial charge in [-0.25, -0.2) is 0 Å². The predicted molar refractivity (Wildman–Crippen MR) is 153 cm³/mol. The van der Waals surface area contributed by atoms with E-state index >= 15 is 0 Å². The lowest BCUT2D eigenvalue weighted by Crippen LogP contribution is -2.56. The smallest absolute Gasteiger partial charge is 0.282 e. The highest BCUT2D eigenvalue weighted by molar-refractivity contribution is 7.90. The van der Waals surface area contributed by atoms with Crippen LogP contribution in [0.5, 0.6) is 0 Å². The van der Waals surface area contributed by atoms with E-state index in [1.165, 1.54) is 0 Å². The van der Waals surface area contributed by atoms with Crippen molar-refractivity contribution in [3.8, 4) is 0 Å². The Hall–Kier alpha value is -2.51. The van der Waals surface area contributed by atoms with Crippen molar-refractivity contribution in [2.24, 2.45) is 34.0 Å². The number of methoxy groups -OCH3 is 1. The fraction of sp³-hybridized carbons (Fsp3) is 0.355. The molecule has 0 amide bonds. The number of carbonyl (C=O) groups excluding carboxylic acids is 1. The quantitative estimate of drug-likeness (QED) is 0.332. The summed E-state index contributed by atoms with van der Waals surface area (Å²) in [5.41, 5.74) is 1.15. The van der Waals surface area contributed by atoms with Crippen LogP contribution in [0.2, 0.25) is 10.0 Å². The van der Waals surface area contributed by atoms with Crippen LogP contribution >= 0.6 is 23.2 Å². The zero-order valence-electron chi connectivity index (χ0n) is 21.8. The second-order valence-corrected chi connectivity index (χ2v) is 13.5. The summed E-state index contributed by atoms with van der Waals surface area (Å²) in [5, 5.41) is 1.22. The maximum atomic E-state index is 14.3. The topological polar surface area (TPSA) is 72.8 Å². The van der Waals surface area contributed by atoms with Crippen LogP contribution in [0.15, 0.2) is 88.2 Å². The van der Waals surface area contributed by atoms with Crippen molar-refractivity contribution >= 4 is 44.7 Å². The molecule has 6 rings (SSSR count). The van der Waals surface area contributed by atoms with Crippen LogP contribution in [0.25, 0.3) is 0 Å². The second kappa shape index (κ2) is 9.55. The van der Waals surface area contributed by atoms with E-state index in [-0.39, 0.29) is 46.2 Å². The minimum atomic E-state index is -4.05. The highest BCUT2D eigenvalue weighted by atomic mass is 35.5. The standard InChI is InChI=1S/C31H29Cl2NO4S/c1-17-24(19-9-13-21(32)14-10-19)28-29(35)25(17)26-18(2)27(20-11-15-22(33)16-12-20)31(28,38-3)30(26)34-39(36,37)23-7-5-4-6-8-23/h4-18,24-28H,1-3H3/b34-30+/t17-,18-,24+,25-,26-,27-,28-,31-/m1/s1. The molecular weight excluding hydrogens is 553 g/mol. The lowest BCUT2D eigenvalue weighted by Gasteiger charge is -2.43. The van der Waals surface area contributed by atoms with Crippen LogP contribution in [0, 0.1) is 29.6 Å². The summed E-state index contributed by atoms with van der Waals surface area (Å²) in [5.74, 6) is -1.88. The number of halogens is 2. The molecule has 3 saturated carbocycles. The molecule has 0 spiro atoms. The molecule has 0 aromatic heterocycles. The normalized spacial score (nSPS) is 34.5. The van der Waals surface area contributed by atoms with Gasteiger partial charge in [0.2, 0.25) is 0 Å². The van der Waals surface area contributed by atoms with Crippen LogP contribution in [0.3, 0.4) is 0 Å². The van der Waals surface area contributed by atoms with Gasteiger partial charge < -0.3 is 4.74 Å². The zero-order valence-corrected chi connectivity index (χ0v) is 24.1. The summed E-state index contributed by atoms with van der Waals surface area (Å²) in [6, 6.07) is 23.4. The monoisotopic (exact) mass is 581 g/mol. The Morgan fingerprint density at radius 3 is 1.87 bits per heavy atom. The third kappa shape index (κ3) is 3.86. The van der Waals surface area contributed by atoms with Crippen molar-refractivity contribution < 1.29 is 17.9 Å². The Morgan fingerprint density at radius 2 is 1.31 bits per heavy atom. The van der Waals surface area contributed by atoms with E-state index < -0.39 is 21.5 Å². The number of ketones is 1. The number of fused-ring (bicyclic) bond motifs is 6. The first-order valence-electron chi connectivity index (χ1n) is 13.1. The van der Waals surface area contributed by atoms with Crippen molar-refractivity contribution in [2.45, 2.75) is 36.2 Å². The molecule has 3 aliphatic carbocycles. The molecule has 3 aromatic rings. The van der Waals surface area contributed by atoms with Crippen LogP contribution < -0.4 is 0 Å². The fourth-order valence-electron chi connectivity index (χ4n) is 7.94. The Labute approximate surface area is 239 Å². The summed E-state index contributed by atoms with van der Waals surface area (Å²) >= 11 is 12.5. The molecule has 3 aliphatic rings. The number of benzene rings is 3. The Balaban J connectivity index is 1.63. The van der Waals surface area contributed by atoms with Crippen molar-refractivity contribution in [3.63, 3.8) is 0 Å². The van der Waals surface area contributed by atoms with E-state index in [0.717, 1.165) is 11.1 Å². The summed E-state index contributed by atoms with van der Waals surface area (Å²) in [6.45, 7) is 4.19. The molecule has 0 heterocycles. The van der Waals surface area contributed by atoms with E-state index in [4.69, 9.17) is 27.9 Å². The molecule has 8 heteroatoms. The number of Topliss-reactive ketones (excluding diaryl/α,β-unsaturated/α-hetero) is 1. The molecule has 4 bridgehead atoms. The van der Waals surface area contributed by atoms with Gasteiger partial charge in [0.05, 0.1) is 16.5 Å². The number of carbonyl (C=O) groups is 1. The van der Waals surface area contributed by atoms with Gasteiger partial charge in [-0.1, -0.05) is 79.5 Å². The lowest BCUT2D eigenvalue weighted by atomic mass is 9.66. The molecular formula is C31H29Cl2NO4S. The lowest BCUT2D eigenvalue weighted by molar-refractivity contribution is -0.132. The van der Waals surface area contributed by atoms with Gasteiger partial charge in [-0.3, -0.25) is 4.79 Å². The molecule has 39 heavy (non-hydrogen) atoms. The van der Waals surface area contributed by atoms with E-state index in [2.05, 4.69) is 18.2 Å². The first-order chi connectivity index (χ1) is 18.6. The summed E-state index contributed by atoms with van der Waals surface area (Å²) in [7, 11) is -2.47. The maximum Gasteiger partial charge on any atom is 0.282 e. The van der Waals surface area contributed by atoms with Crippen LogP contribution in [0.4, 0.5) is 0 Å². The van der Waals surface area contributed by atoms with Crippen LogP contribution in [0.1, 0.15) is 36.8 Å². The second-order valence-electron chi connectivity index (χ2n) is 11.0. The Morgan fingerprint density at radius 1 is 0.744 bits per heavy atom. The minimum absolute atomic E-state index is 0.0380. The highest BCUT2D eigenvalue weighted by Crippen LogP contribution is 2.68. The summed E-state index contributed by atoms with van der Waals surface area (Å²) in [4.78, 5) is 14.4. The van der Waals surface area contributed by atoms with Crippen molar-refractivity contribution in [3.05, 3.63) is 100 Å². The minimum Gasteiger partial charge on any atom is -0.371 e. The van der Waals surface area contributed by atoms with Gasteiger partial charge in [0.25, 0.3) is 10.0 Å². The number of hydrogen-bond donors (Lipinski definition) is 0. The van der Waals surface area contributed by atoms with Crippen LogP contribution in [-0.4, -0.2) is 32.6 Å². The fourth-order valence-corrected chi connectivity index (χ4v) is 9.32. The maximum absolute atomic E-state index is 14.3. The average Bonchev–Trinajstić information content (AvgIpc) is 3.24. The third-order valence-corrected chi connectivity index (χ3v) is 11.1. The first-order valence-corrected chi connectivity index (χ1v) is 15.3. The highest BCUT2D eigenvalue weighted by Gasteiger charge is 2.75. The molecule has 0 aliphatic heterocycles. The largest absolute Gasteiger partial charge is 0.371 e. The summed E-state index contributed by atoms with van der Waals surface area (Å²) < 4.78 is 38.4. The molecule has 3 fully saturated rings. The van der Waals surface area contributed by atoms with E-state index in [9.17, 15) is 13.2 Å². The van der Waals surface area contributed by atoms with Gasteiger partial charge in [0.15, 0.2) is 0 Å². The molecule has 0 N–H and O–H groups in total.